The van der Waals surface area contributed by atoms with E-state index in [1.165, 1.54) is 0 Å². The average molecular weight is 321 g/mol. The van der Waals surface area contributed by atoms with E-state index in [9.17, 15) is 4.79 Å². The maximum atomic E-state index is 12.4. The highest BCUT2D eigenvalue weighted by atomic mass is 16.5. The number of hydrogen-bond acceptors (Lipinski definition) is 3. The van der Waals surface area contributed by atoms with E-state index < -0.39 is 0 Å². The molecule has 122 valence electrons. The number of hydrogen-bond donors (Lipinski definition) is 1. The lowest BCUT2D eigenvalue weighted by Gasteiger charge is -2.06. The Hall–Kier alpha value is -3.01. The number of methoxy groups -OCH3 is 1. The van der Waals surface area contributed by atoms with Crippen molar-refractivity contribution in [2.75, 3.05) is 13.7 Å². The van der Waals surface area contributed by atoms with Crippen molar-refractivity contribution in [2.45, 2.75) is 6.42 Å². The minimum atomic E-state index is -0.202. The molecule has 0 saturated heterocycles. The van der Waals surface area contributed by atoms with Crippen LogP contribution in [0.5, 0.6) is 5.75 Å². The zero-order valence-electron chi connectivity index (χ0n) is 13.5. The first-order valence-corrected chi connectivity index (χ1v) is 7.82. The first-order chi connectivity index (χ1) is 11.8. The van der Waals surface area contributed by atoms with Crippen LogP contribution in [0.3, 0.4) is 0 Å². The van der Waals surface area contributed by atoms with Crippen LogP contribution in [0.2, 0.25) is 0 Å². The monoisotopic (exact) mass is 321 g/mol. The predicted molar refractivity (Wildman–Crippen MR) is 93.2 cm³/mol. The lowest BCUT2D eigenvalue weighted by molar-refractivity contribution is 0.0927. The number of nitrogens with one attached hydrogen (secondary N) is 1. The van der Waals surface area contributed by atoms with Crippen molar-refractivity contribution >= 4 is 5.91 Å². The molecule has 1 amide bonds. The average Bonchev–Trinajstić information content (AvgIpc) is 3.13. The van der Waals surface area contributed by atoms with Crippen LogP contribution >= 0.6 is 0 Å². The largest absolute Gasteiger partial charge is 0.497 e. The summed E-state index contributed by atoms with van der Waals surface area (Å²) in [5.74, 6) is 0.967. The number of carbonyl (C=O) groups excluding carboxylic acids is 1. The third-order valence-corrected chi connectivity index (χ3v) is 3.81. The Labute approximate surface area is 141 Å². The SMILES string of the molecule is COc1ccc(CCNC(=O)c2occc2-c2ccccc2)cc1. The van der Waals surface area contributed by atoms with Crippen LogP contribution in [0.1, 0.15) is 16.1 Å². The molecule has 0 spiro atoms. The van der Waals surface area contributed by atoms with Crippen LogP contribution in [0, 0.1) is 0 Å². The molecule has 0 aliphatic rings. The molecule has 3 aromatic rings. The fraction of sp³-hybridized carbons (Fsp3) is 0.150. The third-order valence-electron chi connectivity index (χ3n) is 3.81. The smallest absolute Gasteiger partial charge is 0.287 e. The van der Waals surface area contributed by atoms with E-state index in [1.54, 1.807) is 13.4 Å². The van der Waals surface area contributed by atoms with Gasteiger partial charge in [-0.1, -0.05) is 42.5 Å². The van der Waals surface area contributed by atoms with Gasteiger partial charge in [-0.2, -0.15) is 0 Å². The van der Waals surface area contributed by atoms with E-state index in [4.69, 9.17) is 9.15 Å². The summed E-state index contributed by atoms with van der Waals surface area (Å²) in [5, 5.41) is 2.91. The van der Waals surface area contributed by atoms with Gasteiger partial charge in [0.1, 0.15) is 5.75 Å². The molecule has 0 fully saturated rings. The fourth-order valence-electron chi connectivity index (χ4n) is 2.52. The second kappa shape index (κ2) is 7.51. The van der Waals surface area contributed by atoms with Crippen molar-refractivity contribution < 1.29 is 13.9 Å². The summed E-state index contributed by atoms with van der Waals surface area (Å²) in [6.45, 7) is 0.542. The first kappa shape index (κ1) is 15.9. The summed E-state index contributed by atoms with van der Waals surface area (Å²) in [7, 11) is 1.64. The van der Waals surface area contributed by atoms with Gasteiger partial charge in [0.2, 0.25) is 0 Å². The van der Waals surface area contributed by atoms with E-state index in [2.05, 4.69) is 5.32 Å². The summed E-state index contributed by atoms with van der Waals surface area (Å²) in [6, 6.07) is 19.4. The molecule has 0 aliphatic heterocycles. The molecule has 3 rings (SSSR count). The van der Waals surface area contributed by atoms with Crippen LogP contribution in [0.15, 0.2) is 71.3 Å². The topological polar surface area (TPSA) is 51.5 Å². The molecule has 4 nitrogen and oxygen atoms in total. The summed E-state index contributed by atoms with van der Waals surface area (Å²) in [5.41, 5.74) is 2.91. The molecule has 4 heteroatoms. The molecule has 0 bridgehead atoms. The molecular formula is C20H19NO3. The zero-order valence-corrected chi connectivity index (χ0v) is 13.5. The maximum absolute atomic E-state index is 12.4. The van der Waals surface area contributed by atoms with E-state index in [1.807, 2.05) is 60.7 Å². The van der Waals surface area contributed by atoms with Crippen LogP contribution in [0.4, 0.5) is 0 Å². The van der Waals surface area contributed by atoms with Gasteiger partial charge in [0.05, 0.1) is 13.4 Å². The summed E-state index contributed by atoms with van der Waals surface area (Å²) in [4.78, 5) is 12.4. The van der Waals surface area contributed by atoms with Gasteiger partial charge in [-0.05, 0) is 35.7 Å². The van der Waals surface area contributed by atoms with Crippen molar-refractivity contribution in [1.29, 1.82) is 0 Å². The predicted octanol–water partition coefficient (Wildman–Crippen LogP) is 3.93. The molecule has 1 aromatic heterocycles. The highest BCUT2D eigenvalue weighted by Gasteiger charge is 2.16. The van der Waals surface area contributed by atoms with E-state index >= 15 is 0 Å². The first-order valence-electron chi connectivity index (χ1n) is 7.82. The summed E-state index contributed by atoms with van der Waals surface area (Å²) >= 11 is 0. The Morgan fingerprint density at radius 3 is 2.50 bits per heavy atom. The van der Waals surface area contributed by atoms with E-state index in [0.29, 0.717) is 12.3 Å². The van der Waals surface area contributed by atoms with Crippen LogP contribution < -0.4 is 10.1 Å². The molecule has 0 aliphatic carbocycles. The van der Waals surface area contributed by atoms with Gasteiger partial charge in [0.15, 0.2) is 5.76 Å². The summed E-state index contributed by atoms with van der Waals surface area (Å²) < 4.78 is 10.5. The molecule has 1 N–H and O–H groups in total. The maximum Gasteiger partial charge on any atom is 0.287 e. The normalized spacial score (nSPS) is 10.4. The van der Waals surface area contributed by atoms with Gasteiger partial charge < -0.3 is 14.5 Å². The van der Waals surface area contributed by atoms with Crippen molar-refractivity contribution in [1.82, 2.24) is 5.32 Å². The molecule has 0 radical (unpaired) electrons. The Morgan fingerprint density at radius 1 is 1.04 bits per heavy atom. The van der Waals surface area contributed by atoms with Crippen LogP contribution in [0.25, 0.3) is 11.1 Å². The van der Waals surface area contributed by atoms with E-state index in [-0.39, 0.29) is 5.91 Å². The number of benzene rings is 2. The molecule has 2 aromatic carbocycles. The standard InChI is InChI=1S/C20H19NO3/c1-23-17-9-7-15(8-10-17)11-13-21-20(22)19-18(12-14-24-19)16-5-3-2-4-6-16/h2-10,12,14H,11,13H2,1H3,(H,21,22). The van der Waals surface area contributed by atoms with Crippen molar-refractivity contribution in [3.63, 3.8) is 0 Å². The van der Waals surface area contributed by atoms with Gasteiger partial charge in [-0.15, -0.1) is 0 Å². The molecule has 0 saturated carbocycles. The number of carbonyl (C=O) groups is 1. The summed E-state index contributed by atoms with van der Waals surface area (Å²) in [6.07, 6.45) is 2.29. The minimum absolute atomic E-state index is 0.202. The highest BCUT2D eigenvalue weighted by molar-refractivity contribution is 5.98. The van der Waals surface area contributed by atoms with Crippen LogP contribution in [-0.2, 0) is 6.42 Å². The van der Waals surface area contributed by atoms with Gasteiger partial charge >= 0.3 is 0 Å². The van der Waals surface area contributed by atoms with Gasteiger partial charge in [0, 0.05) is 12.1 Å². The second-order valence-corrected chi connectivity index (χ2v) is 5.38. The van der Waals surface area contributed by atoms with Gasteiger partial charge in [-0.3, -0.25) is 4.79 Å². The van der Waals surface area contributed by atoms with Crippen molar-refractivity contribution in [2.24, 2.45) is 0 Å². The third kappa shape index (κ3) is 3.66. The molecule has 0 unspecified atom stereocenters. The Morgan fingerprint density at radius 2 is 1.79 bits per heavy atom. The number of rotatable bonds is 6. The van der Waals surface area contributed by atoms with Crippen molar-refractivity contribution in [3.05, 3.63) is 78.3 Å². The van der Waals surface area contributed by atoms with Gasteiger partial charge in [-0.25, -0.2) is 0 Å². The number of furan rings is 1. The highest BCUT2D eigenvalue weighted by Crippen LogP contribution is 2.24. The lowest BCUT2D eigenvalue weighted by atomic mass is 10.1. The molecular weight excluding hydrogens is 302 g/mol. The Bertz CT molecular complexity index is 791. The Balaban J connectivity index is 1.61. The van der Waals surface area contributed by atoms with Crippen LogP contribution in [-0.4, -0.2) is 19.6 Å². The Kier molecular flexibility index (Phi) is 4.96. The van der Waals surface area contributed by atoms with Gasteiger partial charge in [0.25, 0.3) is 5.91 Å². The van der Waals surface area contributed by atoms with E-state index in [0.717, 1.165) is 28.9 Å². The fourth-order valence-corrected chi connectivity index (χ4v) is 2.52. The quantitative estimate of drug-likeness (QED) is 0.748. The molecule has 1 heterocycles. The number of amides is 1. The molecule has 0 atom stereocenters. The molecule has 24 heavy (non-hydrogen) atoms. The number of ether oxygens (including phenoxy) is 1. The zero-order chi connectivity index (χ0) is 16.8. The second-order valence-electron chi connectivity index (χ2n) is 5.38. The van der Waals surface area contributed by atoms with Crippen molar-refractivity contribution in [3.8, 4) is 16.9 Å². The minimum Gasteiger partial charge on any atom is -0.497 e. The lowest BCUT2D eigenvalue weighted by Crippen LogP contribution is -2.25.